The van der Waals surface area contributed by atoms with E-state index in [0.717, 1.165) is 43.6 Å². The molecule has 0 atom stereocenters. The van der Waals surface area contributed by atoms with Gasteiger partial charge in [-0.15, -0.1) is 0 Å². The van der Waals surface area contributed by atoms with E-state index >= 15 is 0 Å². The smallest absolute Gasteiger partial charge is 0.253 e. The Kier molecular flexibility index (Phi) is 5.95. The van der Waals surface area contributed by atoms with Gasteiger partial charge in [-0.3, -0.25) is 9.52 Å². The Morgan fingerprint density at radius 1 is 1.11 bits per heavy atom. The van der Waals surface area contributed by atoms with Gasteiger partial charge in [0, 0.05) is 31.4 Å². The second kappa shape index (κ2) is 8.39. The minimum Gasteiger partial charge on any atom is -0.356 e. The number of benzene rings is 1. The molecule has 0 radical (unpaired) electrons. The average Bonchev–Trinajstić information content (AvgIpc) is 2.66. The van der Waals surface area contributed by atoms with E-state index in [9.17, 15) is 13.2 Å². The topological polar surface area (TPSA) is 91.4 Å². The molecule has 0 unspecified atom stereocenters. The molecule has 3 rings (SSSR count). The number of rotatable bonds is 6. The van der Waals surface area contributed by atoms with Gasteiger partial charge in [0.05, 0.1) is 17.5 Å². The molecule has 27 heavy (non-hydrogen) atoms. The Labute approximate surface area is 159 Å². The molecule has 1 aliphatic rings. The van der Waals surface area contributed by atoms with Crippen LogP contribution < -0.4 is 14.9 Å². The molecule has 144 valence electrons. The second-order valence-electron chi connectivity index (χ2n) is 6.64. The van der Waals surface area contributed by atoms with Crippen LogP contribution in [-0.4, -0.2) is 38.7 Å². The van der Waals surface area contributed by atoms with Gasteiger partial charge in [0.15, 0.2) is 0 Å². The summed E-state index contributed by atoms with van der Waals surface area (Å²) in [4.78, 5) is 19.4. The van der Waals surface area contributed by atoms with Crippen molar-refractivity contribution in [2.75, 3.05) is 29.0 Å². The number of hydrogen-bond donors (Lipinski definition) is 2. The Bertz CT molecular complexity index is 909. The molecule has 0 spiro atoms. The van der Waals surface area contributed by atoms with Gasteiger partial charge >= 0.3 is 0 Å². The lowest BCUT2D eigenvalue weighted by Gasteiger charge is -2.29. The van der Waals surface area contributed by atoms with Crippen LogP contribution in [-0.2, 0) is 16.6 Å². The fourth-order valence-corrected chi connectivity index (χ4v) is 3.78. The first-order chi connectivity index (χ1) is 12.9. The fourth-order valence-electron chi connectivity index (χ4n) is 3.20. The fraction of sp³-hybridized carbons (Fsp3) is 0.368. The first-order valence-electron chi connectivity index (χ1n) is 8.98. The van der Waals surface area contributed by atoms with Crippen LogP contribution in [0.5, 0.6) is 0 Å². The predicted molar refractivity (Wildman–Crippen MR) is 106 cm³/mol. The van der Waals surface area contributed by atoms with Crippen molar-refractivity contribution in [3.63, 3.8) is 0 Å². The zero-order valence-electron chi connectivity index (χ0n) is 15.3. The molecule has 1 amide bonds. The minimum absolute atomic E-state index is 0.264. The molecular formula is C19H24N4O3S. The zero-order chi connectivity index (χ0) is 19.3. The number of nitrogens with zero attached hydrogens (tertiary/aromatic N) is 2. The summed E-state index contributed by atoms with van der Waals surface area (Å²) in [6, 6.07) is 10.4. The first kappa shape index (κ1) is 19.2. The molecule has 1 fully saturated rings. The summed E-state index contributed by atoms with van der Waals surface area (Å²) in [5.41, 5.74) is 1.49. The van der Waals surface area contributed by atoms with Crippen LogP contribution in [0.1, 0.15) is 35.2 Å². The Balaban J connectivity index is 1.74. The van der Waals surface area contributed by atoms with E-state index < -0.39 is 10.0 Å². The van der Waals surface area contributed by atoms with E-state index in [4.69, 9.17) is 0 Å². The highest BCUT2D eigenvalue weighted by Gasteiger charge is 2.17. The van der Waals surface area contributed by atoms with E-state index in [1.54, 1.807) is 30.5 Å². The molecule has 2 heterocycles. The van der Waals surface area contributed by atoms with Gasteiger partial charge in [0.2, 0.25) is 10.0 Å². The summed E-state index contributed by atoms with van der Waals surface area (Å²) < 4.78 is 25.4. The lowest BCUT2D eigenvalue weighted by atomic mass is 10.1. The van der Waals surface area contributed by atoms with Crippen molar-refractivity contribution in [3.05, 3.63) is 53.7 Å². The van der Waals surface area contributed by atoms with Crippen LogP contribution >= 0.6 is 0 Å². The van der Waals surface area contributed by atoms with Crippen molar-refractivity contribution in [3.8, 4) is 0 Å². The summed E-state index contributed by atoms with van der Waals surface area (Å²) in [6.07, 6.45) is 6.35. The van der Waals surface area contributed by atoms with Crippen molar-refractivity contribution in [1.82, 2.24) is 10.3 Å². The maximum absolute atomic E-state index is 12.6. The zero-order valence-corrected chi connectivity index (χ0v) is 16.1. The molecule has 8 heteroatoms. The number of hydrogen-bond acceptors (Lipinski definition) is 5. The van der Waals surface area contributed by atoms with Crippen molar-refractivity contribution in [1.29, 1.82) is 0 Å². The van der Waals surface area contributed by atoms with Gasteiger partial charge in [-0.05, 0) is 37.5 Å². The largest absolute Gasteiger partial charge is 0.356 e. The van der Waals surface area contributed by atoms with E-state index in [1.807, 2.05) is 12.1 Å². The van der Waals surface area contributed by atoms with E-state index in [-0.39, 0.29) is 17.2 Å². The third-order valence-corrected chi connectivity index (χ3v) is 5.02. The maximum atomic E-state index is 12.6. The molecule has 2 aromatic rings. The number of sulfonamides is 1. The van der Waals surface area contributed by atoms with Crippen molar-refractivity contribution in [2.45, 2.75) is 25.8 Å². The summed E-state index contributed by atoms with van der Waals surface area (Å²) in [5.74, 6) is 0.565. The lowest BCUT2D eigenvalue weighted by Crippen LogP contribution is -2.32. The molecule has 0 saturated carbocycles. The number of aromatic nitrogens is 1. The van der Waals surface area contributed by atoms with Gasteiger partial charge in [-0.1, -0.05) is 18.2 Å². The number of piperidine rings is 1. The number of nitrogens with one attached hydrogen (secondary N) is 2. The van der Waals surface area contributed by atoms with Gasteiger partial charge in [0.1, 0.15) is 5.82 Å². The van der Waals surface area contributed by atoms with Crippen LogP contribution in [0.2, 0.25) is 0 Å². The number of carbonyl (C=O) groups is 1. The standard InChI is InChI=1S/C19H24N4O3S/c1-27(25,26)22-17-10-4-3-9-16(17)19(24)21-14-15-8-7-11-20-18(15)23-12-5-2-6-13-23/h3-4,7-11,22H,2,5-6,12-14H2,1H3,(H,21,24). The summed E-state index contributed by atoms with van der Waals surface area (Å²) in [7, 11) is -3.47. The normalized spacial score (nSPS) is 14.6. The maximum Gasteiger partial charge on any atom is 0.253 e. The van der Waals surface area contributed by atoms with Gasteiger partial charge in [-0.2, -0.15) is 0 Å². The first-order valence-corrected chi connectivity index (χ1v) is 10.9. The SMILES string of the molecule is CS(=O)(=O)Nc1ccccc1C(=O)NCc1cccnc1N1CCCCC1. The van der Waals surface area contributed by atoms with Crippen molar-refractivity contribution < 1.29 is 13.2 Å². The Morgan fingerprint density at radius 2 is 1.85 bits per heavy atom. The second-order valence-corrected chi connectivity index (χ2v) is 8.38. The highest BCUT2D eigenvalue weighted by atomic mass is 32.2. The monoisotopic (exact) mass is 388 g/mol. The molecule has 0 aliphatic carbocycles. The van der Waals surface area contributed by atoms with E-state index in [1.165, 1.54) is 6.42 Å². The van der Waals surface area contributed by atoms with Gasteiger partial charge < -0.3 is 10.2 Å². The minimum atomic E-state index is -3.47. The molecular weight excluding hydrogens is 364 g/mol. The number of para-hydroxylation sites is 1. The summed E-state index contributed by atoms with van der Waals surface area (Å²) in [5, 5.41) is 2.88. The van der Waals surface area contributed by atoms with Gasteiger partial charge in [-0.25, -0.2) is 13.4 Å². The highest BCUT2D eigenvalue weighted by molar-refractivity contribution is 7.92. The number of anilines is 2. The lowest BCUT2D eigenvalue weighted by molar-refractivity contribution is 0.0952. The number of pyridine rings is 1. The number of carbonyl (C=O) groups excluding carboxylic acids is 1. The molecule has 1 aliphatic heterocycles. The molecule has 2 N–H and O–H groups in total. The van der Waals surface area contributed by atoms with E-state index in [0.29, 0.717) is 6.54 Å². The van der Waals surface area contributed by atoms with Crippen LogP contribution in [0, 0.1) is 0 Å². The molecule has 1 aromatic carbocycles. The third-order valence-electron chi connectivity index (χ3n) is 4.43. The van der Waals surface area contributed by atoms with Crippen molar-refractivity contribution >= 4 is 27.4 Å². The van der Waals surface area contributed by atoms with Gasteiger partial charge in [0.25, 0.3) is 5.91 Å². The van der Waals surface area contributed by atoms with Crippen LogP contribution in [0.15, 0.2) is 42.6 Å². The molecule has 1 aromatic heterocycles. The Hall–Kier alpha value is -2.61. The van der Waals surface area contributed by atoms with Crippen LogP contribution in [0.25, 0.3) is 0 Å². The van der Waals surface area contributed by atoms with Crippen molar-refractivity contribution in [2.24, 2.45) is 0 Å². The molecule has 0 bridgehead atoms. The quantitative estimate of drug-likeness (QED) is 0.793. The van der Waals surface area contributed by atoms with Crippen LogP contribution in [0.3, 0.4) is 0 Å². The Morgan fingerprint density at radius 3 is 2.59 bits per heavy atom. The molecule has 1 saturated heterocycles. The third kappa shape index (κ3) is 5.19. The van der Waals surface area contributed by atoms with E-state index in [2.05, 4.69) is 19.9 Å². The highest BCUT2D eigenvalue weighted by Crippen LogP contribution is 2.22. The summed E-state index contributed by atoms with van der Waals surface area (Å²) >= 11 is 0. The number of amides is 1. The summed E-state index contributed by atoms with van der Waals surface area (Å²) in [6.45, 7) is 2.27. The molecule has 7 nitrogen and oxygen atoms in total. The van der Waals surface area contributed by atoms with Crippen LogP contribution in [0.4, 0.5) is 11.5 Å². The predicted octanol–water partition coefficient (Wildman–Crippen LogP) is 2.37. The average molecular weight is 388 g/mol.